The van der Waals surface area contributed by atoms with Crippen LogP contribution in [-0.2, 0) is 0 Å². The minimum Gasteiger partial charge on any atom is -0.497 e. The van der Waals surface area contributed by atoms with E-state index < -0.39 is 0 Å². The highest BCUT2D eigenvalue weighted by atomic mass is 16.5. The lowest BCUT2D eigenvalue weighted by atomic mass is 9.95. The van der Waals surface area contributed by atoms with Crippen LogP contribution in [0, 0.1) is 6.92 Å². The monoisotopic (exact) mass is 268 g/mol. The van der Waals surface area contributed by atoms with Crippen molar-refractivity contribution >= 4 is 5.78 Å². The third kappa shape index (κ3) is 2.27. The number of aryl methyl sites for hydroxylation is 1. The van der Waals surface area contributed by atoms with Crippen molar-refractivity contribution in [3.8, 4) is 11.5 Å². The highest BCUT2D eigenvalue weighted by molar-refractivity contribution is 6.00. The van der Waals surface area contributed by atoms with E-state index in [0.717, 1.165) is 16.9 Å². The number of hydrogen-bond donors (Lipinski definition) is 0. The van der Waals surface area contributed by atoms with E-state index in [4.69, 9.17) is 9.47 Å². The van der Waals surface area contributed by atoms with Crippen LogP contribution >= 0.6 is 0 Å². The van der Waals surface area contributed by atoms with Crippen LogP contribution in [-0.4, -0.2) is 12.9 Å². The maximum atomic E-state index is 12.2. The van der Waals surface area contributed by atoms with Gasteiger partial charge in [0.05, 0.1) is 19.1 Å². The Bertz CT molecular complexity index is 644. The topological polar surface area (TPSA) is 35.5 Å². The SMILES string of the molecule is COc1ccc([C@H]2CC(=O)c3cc(C)ccc3O2)cc1. The Kier molecular flexibility index (Phi) is 3.18. The van der Waals surface area contributed by atoms with Gasteiger partial charge in [0.1, 0.15) is 17.6 Å². The molecule has 1 atom stereocenters. The van der Waals surface area contributed by atoms with Crippen molar-refractivity contribution in [2.24, 2.45) is 0 Å². The predicted octanol–water partition coefficient (Wildman–Crippen LogP) is 3.71. The van der Waals surface area contributed by atoms with E-state index >= 15 is 0 Å². The second-order valence-electron chi connectivity index (χ2n) is 5.01. The maximum absolute atomic E-state index is 12.2. The van der Waals surface area contributed by atoms with Gasteiger partial charge in [0.2, 0.25) is 0 Å². The molecule has 3 nitrogen and oxygen atoms in total. The van der Waals surface area contributed by atoms with Crippen LogP contribution < -0.4 is 9.47 Å². The summed E-state index contributed by atoms with van der Waals surface area (Å²) in [7, 11) is 1.63. The minimum atomic E-state index is -0.219. The van der Waals surface area contributed by atoms with Crippen LogP contribution in [0.15, 0.2) is 42.5 Å². The van der Waals surface area contributed by atoms with E-state index in [1.54, 1.807) is 7.11 Å². The van der Waals surface area contributed by atoms with Crippen molar-refractivity contribution in [2.45, 2.75) is 19.4 Å². The number of fused-ring (bicyclic) bond motifs is 1. The summed E-state index contributed by atoms with van der Waals surface area (Å²) < 4.78 is 11.1. The van der Waals surface area contributed by atoms with Gasteiger partial charge in [-0.25, -0.2) is 0 Å². The fraction of sp³-hybridized carbons (Fsp3) is 0.235. The third-order valence-corrected chi connectivity index (χ3v) is 3.56. The first-order valence-corrected chi connectivity index (χ1v) is 6.62. The molecule has 2 aromatic carbocycles. The fourth-order valence-electron chi connectivity index (χ4n) is 2.44. The molecule has 0 bridgehead atoms. The first-order valence-electron chi connectivity index (χ1n) is 6.62. The molecule has 102 valence electrons. The molecule has 1 aliphatic rings. The first-order chi connectivity index (χ1) is 9.67. The molecule has 0 aromatic heterocycles. The van der Waals surface area contributed by atoms with Crippen molar-refractivity contribution in [1.29, 1.82) is 0 Å². The molecule has 3 heteroatoms. The van der Waals surface area contributed by atoms with E-state index in [1.807, 2.05) is 49.4 Å². The predicted molar refractivity (Wildman–Crippen MR) is 76.5 cm³/mol. The normalized spacial score (nSPS) is 17.3. The molecule has 0 radical (unpaired) electrons. The van der Waals surface area contributed by atoms with Gasteiger partial charge in [0.25, 0.3) is 0 Å². The zero-order valence-electron chi connectivity index (χ0n) is 11.6. The number of hydrogen-bond acceptors (Lipinski definition) is 3. The highest BCUT2D eigenvalue weighted by Gasteiger charge is 2.27. The Morgan fingerprint density at radius 2 is 1.90 bits per heavy atom. The van der Waals surface area contributed by atoms with Crippen LogP contribution in [0.3, 0.4) is 0 Å². The third-order valence-electron chi connectivity index (χ3n) is 3.56. The van der Waals surface area contributed by atoms with Crippen molar-refractivity contribution in [3.63, 3.8) is 0 Å². The largest absolute Gasteiger partial charge is 0.497 e. The summed E-state index contributed by atoms with van der Waals surface area (Å²) in [6.07, 6.45) is 0.159. The molecule has 0 spiro atoms. The van der Waals surface area contributed by atoms with Gasteiger partial charge in [-0.3, -0.25) is 4.79 Å². The van der Waals surface area contributed by atoms with E-state index in [0.29, 0.717) is 17.7 Å². The lowest BCUT2D eigenvalue weighted by Gasteiger charge is -2.25. The lowest BCUT2D eigenvalue weighted by molar-refractivity contribution is 0.0850. The summed E-state index contributed by atoms with van der Waals surface area (Å²) in [5, 5.41) is 0. The second-order valence-corrected chi connectivity index (χ2v) is 5.01. The lowest BCUT2D eigenvalue weighted by Crippen LogP contribution is -2.20. The van der Waals surface area contributed by atoms with Crippen molar-refractivity contribution in [3.05, 3.63) is 59.2 Å². The highest BCUT2D eigenvalue weighted by Crippen LogP contribution is 2.35. The molecule has 0 unspecified atom stereocenters. The summed E-state index contributed by atoms with van der Waals surface area (Å²) in [6, 6.07) is 13.4. The van der Waals surface area contributed by atoms with Crippen LogP contribution in [0.25, 0.3) is 0 Å². The van der Waals surface area contributed by atoms with Crippen molar-refractivity contribution < 1.29 is 14.3 Å². The van der Waals surface area contributed by atoms with Crippen LogP contribution in [0.4, 0.5) is 0 Å². The Morgan fingerprint density at radius 1 is 1.15 bits per heavy atom. The van der Waals surface area contributed by atoms with Gasteiger partial charge in [-0.2, -0.15) is 0 Å². The number of ether oxygens (including phenoxy) is 2. The summed E-state index contributed by atoms with van der Waals surface area (Å²) in [4.78, 5) is 12.2. The Balaban J connectivity index is 1.90. The van der Waals surface area contributed by atoms with Gasteiger partial charge in [-0.1, -0.05) is 23.8 Å². The van der Waals surface area contributed by atoms with E-state index in [1.165, 1.54) is 0 Å². The Morgan fingerprint density at radius 3 is 2.60 bits per heavy atom. The average Bonchev–Trinajstić information content (AvgIpc) is 2.48. The summed E-state index contributed by atoms with van der Waals surface area (Å²) in [6.45, 7) is 1.98. The van der Waals surface area contributed by atoms with Gasteiger partial charge in [-0.05, 0) is 36.8 Å². The van der Waals surface area contributed by atoms with Crippen LogP contribution in [0.1, 0.15) is 34.0 Å². The number of ketones is 1. The molecule has 2 aromatic rings. The smallest absolute Gasteiger partial charge is 0.170 e. The Hall–Kier alpha value is -2.29. The standard InChI is InChI=1S/C17H16O3/c1-11-3-8-16-14(9-11)15(18)10-17(20-16)12-4-6-13(19-2)7-5-12/h3-9,17H,10H2,1-2H3/t17-/m1/s1. The van der Waals surface area contributed by atoms with Crippen LogP contribution in [0.5, 0.6) is 11.5 Å². The van der Waals surface area contributed by atoms with Crippen molar-refractivity contribution in [1.82, 2.24) is 0 Å². The molecule has 0 aliphatic carbocycles. The van der Waals surface area contributed by atoms with E-state index in [9.17, 15) is 4.79 Å². The zero-order chi connectivity index (χ0) is 14.1. The number of carbonyl (C=O) groups is 1. The van der Waals surface area contributed by atoms with Crippen LogP contribution in [0.2, 0.25) is 0 Å². The molecule has 0 amide bonds. The number of benzene rings is 2. The molecule has 0 fully saturated rings. The van der Waals surface area contributed by atoms with Gasteiger partial charge >= 0.3 is 0 Å². The first kappa shape index (κ1) is 12.7. The molecule has 1 heterocycles. The van der Waals surface area contributed by atoms with E-state index in [2.05, 4.69) is 0 Å². The summed E-state index contributed by atoms with van der Waals surface area (Å²) in [5.41, 5.74) is 2.75. The van der Waals surface area contributed by atoms with E-state index in [-0.39, 0.29) is 11.9 Å². The zero-order valence-corrected chi connectivity index (χ0v) is 11.6. The molecule has 20 heavy (non-hydrogen) atoms. The molecule has 0 saturated heterocycles. The second kappa shape index (κ2) is 5.00. The van der Waals surface area contributed by atoms with Gasteiger partial charge in [-0.15, -0.1) is 0 Å². The number of carbonyl (C=O) groups excluding carboxylic acids is 1. The molecule has 0 N–H and O–H groups in total. The van der Waals surface area contributed by atoms with Crippen molar-refractivity contribution in [2.75, 3.05) is 7.11 Å². The summed E-state index contributed by atoms with van der Waals surface area (Å²) in [5.74, 6) is 1.61. The Labute approximate surface area is 118 Å². The molecular formula is C17H16O3. The molecule has 1 aliphatic heterocycles. The average molecular weight is 268 g/mol. The minimum absolute atomic E-state index is 0.135. The maximum Gasteiger partial charge on any atom is 0.170 e. The summed E-state index contributed by atoms with van der Waals surface area (Å²) >= 11 is 0. The molecule has 0 saturated carbocycles. The fourth-order valence-corrected chi connectivity index (χ4v) is 2.44. The van der Waals surface area contributed by atoms with Gasteiger partial charge < -0.3 is 9.47 Å². The van der Waals surface area contributed by atoms with Gasteiger partial charge in [0, 0.05) is 0 Å². The molecule has 3 rings (SSSR count). The number of methoxy groups -OCH3 is 1. The number of rotatable bonds is 2. The molecular weight excluding hydrogens is 252 g/mol. The quantitative estimate of drug-likeness (QED) is 0.833. The van der Waals surface area contributed by atoms with Gasteiger partial charge in [0.15, 0.2) is 5.78 Å². The number of Topliss-reactive ketones (excluding diaryl/α,β-unsaturated/α-hetero) is 1.